The van der Waals surface area contributed by atoms with Gasteiger partial charge < -0.3 is 18.9 Å². The van der Waals surface area contributed by atoms with Gasteiger partial charge in [-0.05, 0) is 64.0 Å². The second kappa shape index (κ2) is 12.8. The average molecular weight is 637 g/mol. The molecule has 0 fully saturated rings. The third kappa shape index (κ3) is 7.51. The summed E-state index contributed by atoms with van der Waals surface area (Å²) in [5, 5.41) is 14.7. The summed E-state index contributed by atoms with van der Waals surface area (Å²) in [6.07, 6.45) is 1.37. The van der Waals surface area contributed by atoms with Crippen molar-refractivity contribution in [2.45, 2.75) is 0 Å². The minimum Gasteiger partial charge on any atom is -0.493 e. The number of non-ortho nitro benzene ring substituents is 1. The van der Waals surface area contributed by atoms with E-state index < -0.39 is 16.8 Å². The standard InChI is InChI=1S/C24H19Br2N3O8/c1-34-20-9-14(3-8-19(20)37-24(31)15-4-6-17(7-5-15)29(32)33)12-27-28-22(30)13-36-23-18(26)10-16(25)11-21(23)35-2/h3-12H,13H2,1-2H3,(H,28,30). The van der Waals surface area contributed by atoms with Crippen molar-refractivity contribution in [3.8, 4) is 23.0 Å². The van der Waals surface area contributed by atoms with Crippen LogP contribution in [-0.4, -0.2) is 43.8 Å². The molecule has 0 saturated heterocycles. The van der Waals surface area contributed by atoms with E-state index in [0.717, 1.165) is 4.47 Å². The summed E-state index contributed by atoms with van der Waals surface area (Å²) in [7, 11) is 2.88. The lowest BCUT2D eigenvalue weighted by Crippen LogP contribution is -2.24. The number of amides is 1. The van der Waals surface area contributed by atoms with Gasteiger partial charge in [0.15, 0.2) is 29.6 Å². The van der Waals surface area contributed by atoms with Crippen LogP contribution in [0.25, 0.3) is 0 Å². The summed E-state index contributed by atoms with van der Waals surface area (Å²) in [6.45, 7) is -0.311. The first-order valence-corrected chi connectivity index (χ1v) is 11.9. The number of hydrogen-bond acceptors (Lipinski definition) is 9. The molecule has 3 aromatic rings. The van der Waals surface area contributed by atoms with Crippen molar-refractivity contribution < 1.29 is 33.5 Å². The number of methoxy groups -OCH3 is 2. The number of rotatable bonds is 10. The fourth-order valence-electron chi connectivity index (χ4n) is 2.90. The fourth-order valence-corrected chi connectivity index (χ4v) is 4.20. The quantitative estimate of drug-likeness (QED) is 0.109. The number of nitro benzene ring substituents is 1. The summed E-state index contributed by atoms with van der Waals surface area (Å²) >= 11 is 6.71. The fraction of sp³-hybridized carbons (Fsp3) is 0.125. The highest BCUT2D eigenvalue weighted by atomic mass is 79.9. The number of carbonyl (C=O) groups is 2. The number of hydrazone groups is 1. The van der Waals surface area contributed by atoms with Gasteiger partial charge in [0.05, 0.1) is 35.4 Å². The zero-order valence-corrected chi connectivity index (χ0v) is 22.6. The number of carbonyl (C=O) groups excluding carboxylic acids is 2. The van der Waals surface area contributed by atoms with Crippen LogP contribution >= 0.6 is 31.9 Å². The van der Waals surface area contributed by atoms with Crippen LogP contribution < -0.4 is 24.4 Å². The third-order valence-corrected chi connectivity index (χ3v) is 5.70. The largest absolute Gasteiger partial charge is 0.493 e. The Bertz CT molecular complexity index is 1350. The van der Waals surface area contributed by atoms with Gasteiger partial charge in [0.25, 0.3) is 11.6 Å². The molecule has 192 valence electrons. The van der Waals surface area contributed by atoms with Crippen molar-refractivity contribution in [3.05, 3.63) is 84.8 Å². The molecule has 0 atom stereocenters. The van der Waals surface area contributed by atoms with Crippen LogP contribution in [0.15, 0.2) is 68.6 Å². The first-order valence-electron chi connectivity index (χ1n) is 10.3. The van der Waals surface area contributed by atoms with Gasteiger partial charge in [-0.15, -0.1) is 0 Å². The molecule has 3 aromatic carbocycles. The number of benzene rings is 3. The maximum absolute atomic E-state index is 12.4. The number of halogens is 2. The van der Waals surface area contributed by atoms with E-state index in [1.165, 1.54) is 50.8 Å². The van der Waals surface area contributed by atoms with Gasteiger partial charge in [-0.3, -0.25) is 14.9 Å². The Balaban J connectivity index is 1.59. The molecular formula is C24H19Br2N3O8. The normalized spacial score (nSPS) is 10.6. The van der Waals surface area contributed by atoms with Crippen molar-refractivity contribution in [1.29, 1.82) is 0 Å². The minimum atomic E-state index is -0.712. The average Bonchev–Trinajstić information content (AvgIpc) is 2.88. The number of ether oxygens (including phenoxy) is 4. The first kappa shape index (κ1) is 27.6. The van der Waals surface area contributed by atoms with E-state index in [9.17, 15) is 19.7 Å². The monoisotopic (exact) mass is 635 g/mol. The van der Waals surface area contributed by atoms with Crippen molar-refractivity contribution in [3.63, 3.8) is 0 Å². The van der Waals surface area contributed by atoms with Crippen LogP contribution in [-0.2, 0) is 4.79 Å². The molecule has 0 aliphatic carbocycles. The Morgan fingerprint density at radius 1 is 1.00 bits per heavy atom. The predicted molar refractivity (Wildman–Crippen MR) is 141 cm³/mol. The molecule has 0 heterocycles. The molecule has 0 saturated carbocycles. The van der Waals surface area contributed by atoms with Gasteiger partial charge in [-0.2, -0.15) is 5.10 Å². The molecule has 0 radical (unpaired) electrons. The van der Waals surface area contributed by atoms with Crippen LogP contribution in [0.5, 0.6) is 23.0 Å². The zero-order chi connectivity index (χ0) is 26.9. The SMILES string of the molecule is COc1cc(C=NNC(=O)COc2c(Br)cc(Br)cc2OC)ccc1OC(=O)c1ccc([N+](=O)[O-])cc1. The van der Waals surface area contributed by atoms with Crippen LogP contribution in [0.3, 0.4) is 0 Å². The summed E-state index contributed by atoms with van der Waals surface area (Å²) in [5.41, 5.74) is 2.89. The Morgan fingerprint density at radius 3 is 2.35 bits per heavy atom. The molecule has 0 aliphatic heterocycles. The van der Waals surface area contributed by atoms with Gasteiger partial charge in [-0.25, -0.2) is 10.2 Å². The molecular weight excluding hydrogens is 618 g/mol. The second-order valence-corrected chi connectivity index (χ2v) is 8.87. The maximum atomic E-state index is 12.4. The Labute approximate surface area is 227 Å². The molecule has 11 nitrogen and oxygen atoms in total. The zero-order valence-electron chi connectivity index (χ0n) is 19.4. The van der Waals surface area contributed by atoms with Gasteiger partial charge in [0.2, 0.25) is 0 Å². The third-order valence-electron chi connectivity index (χ3n) is 4.65. The first-order chi connectivity index (χ1) is 17.7. The summed E-state index contributed by atoms with van der Waals surface area (Å²) in [6, 6.07) is 13.1. The molecule has 0 unspecified atom stereocenters. The molecule has 37 heavy (non-hydrogen) atoms. The van der Waals surface area contributed by atoms with Crippen molar-refractivity contribution in [2.75, 3.05) is 20.8 Å². The number of hydrogen-bond donors (Lipinski definition) is 1. The van der Waals surface area contributed by atoms with E-state index in [-0.39, 0.29) is 29.4 Å². The van der Waals surface area contributed by atoms with Gasteiger partial charge in [0.1, 0.15) is 0 Å². The lowest BCUT2D eigenvalue weighted by molar-refractivity contribution is -0.384. The maximum Gasteiger partial charge on any atom is 0.343 e. The molecule has 1 N–H and O–H groups in total. The topological polar surface area (TPSA) is 139 Å². The molecule has 0 aliphatic rings. The highest BCUT2D eigenvalue weighted by molar-refractivity contribution is 9.11. The van der Waals surface area contributed by atoms with E-state index in [4.69, 9.17) is 18.9 Å². The van der Waals surface area contributed by atoms with Gasteiger partial charge >= 0.3 is 5.97 Å². The number of nitrogens with one attached hydrogen (secondary N) is 1. The molecule has 1 amide bonds. The highest BCUT2D eigenvalue weighted by Crippen LogP contribution is 2.38. The number of nitro groups is 1. The van der Waals surface area contributed by atoms with Crippen molar-refractivity contribution in [1.82, 2.24) is 5.43 Å². The van der Waals surface area contributed by atoms with E-state index in [1.54, 1.807) is 24.3 Å². The Morgan fingerprint density at radius 2 is 1.70 bits per heavy atom. The van der Waals surface area contributed by atoms with Crippen LogP contribution in [0.1, 0.15) is 15.9 Å². The summed E-state index contributed by atoms with van der Waals surface area (Å²) in [4.78, 5) is 34.7. The lowest BCUT2D eigenvalue weighted by Gasteiger charge is -2.12. The molecule has 0 spiro atoms. The predicted octanol–water partition coefficient (Wildman–Crippen LogP) is 4.89. The van der Waals surface area contributed by atoms with E-state index >= 15 is 0 Å². The molecule has 0 bridgehead atoms. The van der Waals surface area contributed by atoms with E-state index in [2.05, 4.69) is 42.4 Å². The Kier molecular flexibility index (Phi) is 9.57. The minimum absolute atomic E-state index is 0.134. The van der Waals surface area contributed by atoms with Crippen LogP contribution in [0.4, 0.5) is 5.69 Å². The van der Waals surface area contributed by atoms with Crippen LogP contribution in [0, 0.1) is 10.1 Å². The molecule has 13 heteroatoms. The number of esters is 1. The summed E-state index contributed by atoms with van der Waals surface area (Å²) in [5.74, 6) is -0.0346. The van der Waals surface area contributed by atoms with Crippen molar-refractivity contribution >= 4 is 55.6 Å². The van der Waals surface area contributed by atoms with Crippen molar-refractivity contribution in [2.24, 2.45) is 5.10 Å². The van der Waals surface area contributed by atoms with Gasteiger partial charge in [-0.1, -0.05) is 15.9 Å². The van der Waals surface area contributed by atoms with Crippen LogP contribution in [0.2, 0.25) is 0 Å². The van der Waals surface area contributed by atoms with E-state index in [1.807, 2.05) is 0 Å². The Hall–Kier alpha value is -3.97. The molecule has 0 aromatic heterocycles. The lowest BCUT2D eigenvalue weighted by atomic mass is 10.2. The second-order valence-electron chi connectivity index (χ2n) is 7.10. The summed E-state index contributed by atoms with van der Waals surface area (Å²) < 4.78 is 22.8. The van der Waals surface area contributed by atoms with E-state index in [0.29, 0.717) is 21.5 Å². The van der Waals surface area contributed by atoms with Gasteiger partial charge in [0, 0.05) is 16.6 Å². The molecule has 3 rings (SSSR count). The number of nitrogens with zero attached hydrogens (tertiary/aromatic N) is 2. The highest BCUT2D eigenvalue weighted by Gasteiger charge is 2.15. The smallest absolute Gasteiger partial charge is 0.343 e.